The van der Waals surface area contributed by atoms with Crippen molar-refractivity contribution in [3.8, 4) is 5.69 Å². The van der Waals surface area contributed by atoms with Gasteiger partial charge >= 0.3 is 5.76 Å². The molecular formula is C20H21F2N3O2S. The Morgan fingerprint density at radius 1 is 1.04 bits per heavy atom. The molecular weight excluding hydrogens is 384 g/mol. The molecule has 0 saturated heterocycles. The van der Waals surface area contributed by atoms with E-state index >= 15 is 0 Å². The lowest BCUT2D eigenvalue weighted by Gasteiger charge is -2.09. The van der Waals surface area contributed by atoms with Crippen LogP contribution in [0.3, 0.4) is 0 Å². The molecule has 0 aliphatic rings. The highest BCUT2D eigenvalue weighted by molar-refractivity contribution is 7.91. The fraction of sp³-hybridized carbons (Fsp3) is 0.250. The van der Waals surface area contributed by atoms with Crippen LogP contribution in [0.25, 0.3) is 5.69 Å². The molecule has 0 aliphatic heterocycles. The van der Waals surface area contributed by atoms with Crippen molar-refractivity contribution < 1.29 is 17.2 Å². The molecule has 148 valence electrons. The summed E-state index contributed by atoms with van der Waals surface area (Å²) in [7, 11) is -4.58. The summed E-state index contributed by atoms with van der Waals surface area (Å²) in [6.07, 6.45) is 1.95. The van der Waals surface area contributed by atoms with E-state index < -0.39 is 20.5 Å². The lowest BCUT2D eigenvalue weighted by molar-refractivity contribution is 0.234. The first kappa shape index (κ1) is 20.0. The Balaban J connectivity index is 1.78. The van der Waals surface area contributed by atoms with Crippen molar-refractivity contribution in [2.24, 2.45) is 0 Å². The second kappa shape index (κ2) is 8.10. The van der Waals surface area contributed by atoms with Gasteiger partial charge in [0.25, 0.3) is 0 Å². The highest BCUT2D eigenvalue weighted by atomic mass is 32.2. The third kappa shape index (κ3) is 4.22. The molecule has 8 heteroatoms. The number of para-hydroxylation sites is 1. The molecule has 0 atom stereocenters. The average molecular weight is 405 g/mol. The maximum atomic E-state index is 12.6. The molecule has 0 spiro atoms. The number of hydrogen-bond acceptors (Lipinski definition) is 4. The van der Waals surface area contributed by atoms with Crippen molar-refractivity contribution in [1.29, 1.82) is 0 Å². The molecule has 0 amide bonds. The third-order valence-corrected chi connectivity index (χ3v) is 5.69. The van der Waals surface area contributed by atoms with E-state index in [9.17, 15) is 17.2 Å². The number of alkyl halides is 2. The van der Waals surface area contributed by atoms with Crippen LogP contribution >= 0.6 is 0 Å². The van der Waals surface area contributed by atoms with Crippen LogP contribution in [0.15, 0.2) is 65.7 Å². The van der Waals surface area contributed by atoms with Crippen LogP contribution in [0, 0.1) is 0 Å². The summed E-state index contributed by atoms with van der Waals surface area (Å²) in [5.74, 6) is -3.20. The zero-order valence-corrected chi connectivity index (χ0v) is 16.3. The molecule has 28 heavy (non-hydrogen) atoms. The van der Waals surface area contributed by atoms with E-state index in [1.54, 1.807) is 0 Å². The molecule has 0 bridgehead atoms. The number of anilines is 1. The van der Waals surface area contributed by atoms with Crippen LogP contribution in [0.4, 0.5) is 14.5 Å². The predicted octanol–water partition coefficient (Wildman–Crippen LogP) is 4.60. The first-order valence-corrected chi connectivity index (χ1v) is 10.3. The molecule has 0 unspecified atom stereocenters. The Morgan fingerprint density at radius 3 is 2.25 bits per heavy atom. The highest BCUT2D eigenvalue weighted by Crippen LogP contribution is 2.23. The van der Waals surface area contributed by atoms with Crippen molar-refractivity contribution in [1.82, 2.24) is 9.78 Å². The largest absolute Gasteiger partial charge is 0.381 e. The van der Waals surface area contributed by atoms with Crippen LogP contribution in [-0.4, -0.2) is 24.0 Å². The minimum atomic E-state index is -4.58. The highest BCUT2D eigenvalue weighted by Gasteiger charge is 2.26. The monoisotopic (exact) mass is 405 g/mol. The van der Waals surface area contributed by atoms with Crippen molar-refractivity contribution in [3.05, 3.63) is 72.1 Å². The van der Waals surface area contributed by atoms with Gasteiger partial charge in [-0.1, -0.05) is 32.0 Å². The van der Waals surface area contributed by atoms with Gasteiger partial charge in [-0.25, -0.2) is 13.1 Å². The Hall–Kier alpha value is -2.74. The third-order valence-electron chi connectivity index (χ3n) is 4.29. The van der Waals surface area contributed by atoms with Crippen LogP contribution < -0.4 is 5.32 Å². The molecule has 0 saturated carbocycles. The zero-order chi connectivity index (χ0) is 20.3. The van der Waals surface area contributed by atoms with Gasteiger partial charge in [-0.2, -0.15) is 13.9 Å². The average Bonchev–Trinajstić information content (AvgIpc) is 3.12. The van der Waals surface area contributed by atoms with Crippen molar-refractivity contribution in [2.75, 3.05) is 5.32 Å². The van der Waals surface area contributed by atoms with Crippen LogP contribution in [-0.2, 0) is 16.4 Å². The maximum absolute atomic E-state index is 12.6. The summed E-state index contributed by atoms with van der Waals surface area (Å²) in [6, 6.07) is 15.1. The number of hydrogen-bond donors (Lipinski definition) is 1. The van der Waals surface area contributed by atoms with E-state index in [0.29, 0.717) is 12.2 Å². The number of benzene rings is 2. The Morgan fingerprint density at radius 2 is 1.68 bits per heavy atom. The molecule has 3 aromatic rings. The predicted molar refractivity (Wildman–Crippen MR) is 105 cm³/mol. The molecule has 1 aromatic heterocycles. The van der Waals surface area contributed by atoms with Crippen molar-refractivity contribution in [2.45, 2.75) is 37.0 Å². The lowest BCUT2D eigenvalue weighted by atomic mass is 10.1. The van der Waals surface area contributed by atoms with Crippen LogP contribution in [0.5, 0.6) is 0 Å². The fourth-order valence-electron chi connectivity index (χ4n) is 2.82. The molecule has 2 aromatic carbocycles. The van der Waals surface area contributed by atoms with Gasteiger partial charge in [0.2, 0.25) is 9.84 Å². The van der Waals surface area contributed by atoms with Crippen molar-refractivity contribution in [3.63, 3.8) is 0 Å². The molecule has 0 radical (unpaired) electrons. The molecule has 5 nitrogen and oxygen atoms in total. The second-order valence-electron chi connectivity index (χ2n) is 6.66. The van der Waals surface area contributed by atoms with Gasteiger partial charge in [0, 0.05) is 24.0 Å². The quantitative estimate of drug-likeness (QED) is 0.624. The first-order chi connectivity index (χ1) is 13.3. The first-order valence-electron chi connectivity index (χ1n) is 8.79. The van der Waals surface area contributed by atoms with Gasteiger partial charge in [0.1, 0.15) is 0 Å². The van der Waals surface area contributed by atoms with E-state index in [2.05, 4.69) is 24.3 Å². The standard InChI is InChI=1S/C20H21F2N3O2S/c1-14(2)19-15(13-25(24-19)17-6-4-3-5-7-17)12-23-16-8-10-18(11-9-16)28(26,27)20(21)22/h3-11,13-14,20,23H,12H2,1-2H3. The summed E-state index contributed by atoms with van der Waals surface area (Å²) in [5.41, 5.74) is 3.55. The number of sulfone groups is 1. The normalized spacial score (nSPS) is 11.9. The van der Waals surface area contributed by atoms with Gasteiger partial charge in [-0.05, 0) is 42.3 Å². The number of halogens is 2. The summed E-state index contributed by atoms with van der Waals surface area (Å²) in [4.78, 5) is -0.396. The second-order valence-corrected chi connectivity index (χ2v) is 8.58. The van der Waals surface area contributed by atoms with Gasteiger partial charge < -0.3 is 5.32 Å². The van der Waals surface area contributed by atoms with Crippen LogP contribution in [0.1, 0.15) is 31.0 Å². The summed E-state index contributed by atoms with van der Waals surface area (Å²) in [6.45, 7) is 4.59. The Bertz CT molecular complexity index is 1030. The van der Waals surface area contributed by atoms with Gasteiger partial charge in [-0.15, -0.1) is 0 Å². The molecule has 1 N–H and O–H groups in total. The molecule has 0 aliphatic carbocycles. The van der Waals surface area contributed by atoms with E-state index in [-0.39, 0.29) is 5.92 Å². The Labute approximate surface area is 162 Å². The molecule has 1 heterocycles. The zero-order valence-electron chi connectivity index (χ0n) is 15.5. The number of nitrogens with zero attached hydrogens (tertiary/aromatic N) is 2. The SMILES string of the molecule is CC(C)c1nn(-c2ccccc2)cc1CNc1ccc(S(=O)(=O)C(F)F)cc1. The summed E-state index contributed by atoms with van der Waals surface area (Å²) < 4.78 is 50.1. The lowest BCUT2D eigenvalue weighted by Crippen LogP contribution is -2.11. The number of rotatable bonds is 7. The Kier molecular flexibility index (Phi) is 5.79. The summed E-state index contributed by atoms with van der Waals surface area (Å²) in [5, 5.41) is 7.87. The maximum Gasteiger partial charge on any atom is 0.341 e. The van der Waals surface area contributed by atoms with E-state index in [4.69, 9.17) is 0 Å². The van der Waals surface area contributed by atoms with Crippen molar-refractivity contribution >= 4 is 15.5 Å². The van der Waals surface area contributed by atoms with Gasteiger partial charge in [-0.3, -0.25) is 0 Å². The number of aromatic nitrogens is 2. The minimum absolute atomic E-state index is 0.223. The van der Waals surface area contributed by atoms with E-state index in [1.165, 1.54) is 24.3 Å². The summed E-state index contributed by atoms with van der Waals surface area (Å²) >= 11 is 0. The molecule has 0 fully saturated rings. The van der Waals surface area contributed by atoms with Gasteiger partial charge in [0.15, 0.2) is 0 Å². The van der Waals surface area contributed by atoms with Gasteiger partial charge in [0.05, 0.1) is 16.3 Å². The topological polar surface area (TPSA) is 64.0 Å². The molecule has 3 rings (SSSR count). The smallest absolute Gasteiger partial charge is 0.341 e. The van der Waals surface area contributed by atoms with Crippen LogP contribution in [0.2, 0.25) is 0 Å². The number of nitrogens with one attached hydrogen (secondary N) is 1. The van der Waals surface area contributed by atoms with E-state index in [1.807, 2.05) is 41.2 Å². The fourth-order valence-corrected chi connectivity index (χ4v) is 3.54. The minimum Gasteiger partial charge on any atom is -0.381 e. The van der Waals surface area contributed by atoms with E-state index in [0.717, 1.165) is 16.9 Å².